The third-order valence-electron chi connectivity index (χ3n) is 0.575. The lowest BCUT2D eigenvalue weighted by Crippen LogP contribution is -2.10. The molecule has 0 saturated heterocycles. The zero-order chi connectivity index (χ0) is 8.15. The Bertz CT molecular complexity index is 125. The first kappa shape index (κ1) is 8.94. The van der Waals surface area contributed by atoms with E-state index in [1.807, 2.05) is 0 Å². The molecular formula is C6H9O4. The van der Waals surface area contributed by atoms with Crippen LogP contribution >= 0.6 is 0 Å². The van der Waals surface area contributed by atoms with Gasteiger partial charge in [-0.05, 0) is 0 Å². The number of carbonyl (C=O) groups is 2. The van der Waals surface area contributed by atoms with Gasteiger partial charge in [0.15, 0.2) is 0 Å². The number of carbonyl (C=O) groups excluding carboxylic acids is 2. The van der Waals surface area contributed by atoms with Crippen LogP contribution in [0.2, 0.25) is 0 Å². The summed E-state index contributed by atoms with van der Waals surface area (Å²) < 4.78 is 8.79. The number of hydrogen-bond acceptors (Lipinski definition) is 4. The lowest BCUT2D eigenvalue weighted by Gasteiger charge is -2.07. The van der Waals surface area contributed by atoms with Crippen molar-refractivity contribution in [1.29, 1.82) is 0 Å². The highest BCUT2D eigenvalue weighted by Gasteiger charge is 2.09. The van der Waals surface area contributed by atoms with Crippen molar-refractivity contribution < 1.29 is 19.1 Å². The Labute approximate surface area is 59.1 Å². The third kappa shape index (κ3) is 5.08. The van der Waals surface area contributed by atoms with Crippen molar-refractivity contribution in [3.8, 4) is 0 Å². The number of ether oxygens (including phenoxy) is 2. The first-order valence-corrected chi connectivity index (χ1v) is 2.72. The van der Waals surface area contributed by atoms with Gasteiger partial charge in [-0.25, -0.2) is 0 Å². The van der Waals surface area contributed by atoms with Gasteiger partial charge in [0.25, 0.3) is 0 Å². The Balaban J connectivity index is 3.53. The van der Waals surface area contributed by atoms with Crippen LogP contribution in [0.1, 0.15) is 20.8 Å². The summed E-state index contributed by atoms with van der Waals surface area (Å²) in [6.07, 6.45) is -0.0417. The first-order chi connectivity index (χ1) is 4.52. The van der Waals surface area contributed by atoms with Crippen LogP contribution in [0.5, 0.6) is 0 Å². The largest absolute Gasteiger partial charge is 0.415 e. The molecule has 0 aromatic rings. The van der Waals surface area contributed by atoms with Crippen molar-refractivity contribution in [2.45, 2.75) is 20.8 Å². The van der Waals surface area contributed by atoms with Gasteiger partial charge in [-0.15, -0.1) is 0 Å². The highest BCUT2D eigenvalue weighted by Crippen LogP contribution is 2.02. The monoisotopic (exact) mass is 145 g/mol. The van der Waals surface area contributed by atoms with E-state index in [0.717, 1.165) is 0 Å². The second-order valence-corrected chi connectivity index (χ2v) is 1.68. The summed E-state index contributed by atoms with van der Waals surface area (Å²) in [7, 11) is 0. The van der Waals surface area contributed by atoms with E-state index < -0.39 is 11.9 Å². The summed E-state index contributed by atoms with van der Waals surface area (Å²) in [5.74, 6) is -1.00. The Morgan fingerprint density at radius 1 is 0.900 bits per heavy atom. The Morgan fingerprint density at radius 3 is 1.40 bits per heavy atom. The van der Waals surface area contributed by atoms with Crippen LogP contribution in [0, 0.1) is 6.29 Å². The van der Waals surface area contributed by atoms with E-state index in [9.17, 15) is 9.59 Å². The molecule has 0 spiro atoms. The normalized spacial score (nSPS) is 9.20. The van der Waals surface area contributed by atoms with Crippen molar-refractivity contribution in [1.82, 2.24) is 0 Å². The van der Waals surface area contributed by atoms with Crippen molar-refractivity contribution >= 4 is 11.9 Å². The van der Waals surface area contributed by atoms with Crippen LogP contribution in [-0.2, 0) is 19.1 Å². The molecule has 0 fully saturated rings. The van der Waals surface area contributed by atoms with Crippen LogP contribution < -0.4 is 0 Å². The predicted octanol–water partition coefficient (Wildman–Crippen LogP) is 0.622. The smallest absolute Gasteiger partial charge is 0.330 e. The van der Waals surface area contributed by atoms with E-state index in [1.54, 1.807) is 0 Å². The van der Waals surface area contributed by atoms with Gasteiger partial charge in [0.2, 0.25) is 0 Å². The van der Waals surface area contributed by atoms with Crippen molar-refractivity contribution in [2.24, 2.45) is 0 Å². The molecule has 0 bridgehead atoms. The summed E-state index contributed by atoms with van der Waals surface area (Å²) in [4.78, 5) is 20.4. The number of rotatable bonds is 2. The van der Waals surface area contributed by atoms with Gasteiger partial charge in [-0.1, -0.05) is 0 Å². The lowest BCUT2D eigenvalue weighted by molar-refractivity contribution is -0.160. The second kappa shape index (κ2) is 3.87. The SMILES string of the molecule is C[C](OC(C)=O)OC(C)=O. The Kier molecular flexibility index (Phi) is 3.46. The number of esters is 2. The third-order valence-corrected chi connectivity index (χ3v) is 0.575. The Morgan fingerprint density at radius 2 is 1.20 bits per heavy atom. The second-order valence-electron chi connectivity index (χ2n) is 1.68. The first-order valence-electron chi connectivity index (χ1n) is 2.72. The molecule has 0 aliphatic rings. The zero-order valence-corrected chi connectivity index (χ0v) is 6.13. The fourth-order valence-electron chi connectivity index (χ4n) is 0.426. The van der Waals surface area contributed by atoms with E-state index >= 15 is 0 Å². The van der Waals surface area contributed by atoms with Crippen LogP contribution in [0.3, 0.4) is 0 Å². The topological polar surface area (TPSA) is 52.6 Å². The van der Waals surface area contributed by atoms with E-state index in [1.165, 1.54) is 20.8 Å². The standard InChI is InChI=1S/C6H9O4/c1-4(7)9-6(3)10-5(2)8/h1-3H3. The molecule has 0 aromatic heterocycles. The summed E-state index contributed by atoms with van der Waals surface area (Å²) in [5, 5.41) is 0. The maximum absolute atomic E-state index is 10.2. The molecule has 0 heterocycles. The van der Waals surface area contributed by atoms with Crippen molar-refractivity contribution in [3.63, 3.8) is 0 Å². The van der Waals surface area contributed by atoms with Crippen LogP contribution in [0.4, 0.5) is 0 Å². The van der Waals surface area contributed by atoms with E-state index in [2.05, 4.69) is 9.47 Å². The number of hydrogen-bond donors (Lipinski definition) is 0. The van der Waals surface area contributed by atoms with Gasteiger partial charge in [0.05, 0.1) is 0 Å². The molecule has 0 saturated carbocycles. The molecule has 57 valence electrons. The zero-order valence-electron chi connectivity index (χ0n) is 6.13. The van der Waals surface area contributed by atoms with Crippen LogP contribution in [0.15, 0.2) is 0 Å². The fraction of sp³-hybridized carbons (Fsp3) is 0.500. The summed E-state index contributed by atoms with van der Waals surface area (Å²) in [6.45, 7) is 3.85. The summed E-state index contributed by atoms with van der Waals surface area (Å²) in [5.41, 5.74) is 0. The average Bonchev–Trinajstić information content (AvgIpc) is 1.58. The van der Waals surface area contributed by atoms with Gasteiger partial charge in [-0.2, -0.15) is 0 Å². The van der Waals surface area contributed by atoms with Gasteiger partial charge in [-0.3, -0.25) is 9.59 Å². The molecule has 0 atom stereocenters. The molecule has 0 amide bonds. The Hall–Kier alpha value is -1.06. The molecular weight excluding hydrogens is 136 g/mol. The van der Waals surface area contributed by atoms with E-state index in [0.29, 0.717) is 0 Å². The molecule has 0 aliphatic carbocycles. The molecule has 0 aromatic carbocycles. The van der Waals surface area contributed by atoms with Gasteiger partial charge < -0.3 is 9.47 Å². The van der Waals surface area contributed by atoms with Gasteiger partial charge in [0, 0.05) is 20.8 Å². The maximum atomic E-state index is 10.2. The highest BCUT2D eigenvalue weighted by atomic mass is 16.7. The molecule has 4 heteroatoms. The summed E-state index contributed by atoms with van der Waals surface area (Å²) >= 11 is 0. The van der Waals surface area contributed by atoms with Crippen molar-refractivity contribution in [3.05, 3.63) is 6.29 Å². The van der Waals surface area contributed by atoms with Crippen LogP contribution in [0.25, 0.3) is 0 Å². The minimum Gasteiger partial charge on any atom is -0.415 e. The quantitative estimate of drug-likeness (QED) is 0.534. The van der Waals surface area contributed by atoms with Crippen molar-refractivity contribution in [2.75, 3.05) is 0 Å². The van der Waals surface area contributed by atoms with Gasteiger partial charge >= 0.3 is 18.2 Å². The highest BCUT2D eigenvalue weighted by molar-refractivity contribution is 5.69. The predicted molar refractivity (Wildman–Crippen MR) is 32.4 cm³/mol. The molecule has 1 radical (unpaired) electrons. The van der Waals surface area contributed by atoms with E-state index in [-0.39, 0.29) is 6.29 Å². The fourth-order valence-corrected chi connectivity index (χ4v) is 0.426. The molecule has 4 nitrogen and oxygen atoms in total. The molecule has 10 heavy (non-hydrogen) atoms. The van der Waals surface area contributed by atoms with Gasteiger partial charge in [0.1, 0.15) is 0 Å². The molecule has 0 N–H and O–H groups in total. The maximum Gasteiger partial charge on any atom is 0.330 e. The minimum absolute atomic E-state index is 0.0417. The molecule has 0 rings (SSSR count). The summed E-state index contributed by atoms with van der Waals surface area (Å²) in [6, 6.07) is 0. The minimum atomic E-state index is -0.501. The molecule has 0 unspecified atom stereocenters. The lowest BCUT2D eigenvalue weighted by atomic mass is 10.7. The molecule has 0 aliphatic heterocycles. The average molecular weight is 145 g/mol. The van der Waals surface area contributed by atoms with E-state index in [4.69, 9.17) is 0 Å². The van der Waals surface area contributed by atoms with Crippen LogP contribution in [-0.4, -0.2) is 11.9 Å².